The Kier molecular flexibility index (Phi) is 5.52. The molecule has 0 spiro atoms. The predicted molar refractivity (Wildman–Crippen MR) is 59.9 cm³/mol. The van der Waals surface area contributed by atoms with Crippen LogP contribution in [-0.2, 0) is 22.6 Å². The van der Waals surface area contributed by atoms with Crippen molar-refractivity contribution < 1.29 is 9.53 Å². The maximum Gasteiger partial charge on any atom is 0.240 e. The molecule has 0 saturated heterocycles. The monoisotopic (exact) mass is 226 g/mol. The summed E-state index contributed by atoms with van der Waals surface area (Å²) in [6.45, 7) is 2.06. The van der Waals surface area contributed by atoms with E-state index in [4.69, 9.17) is 4.74 Å². The molecule has 6 heteroatoms. The first-order valence-corrected chi connectivity index (χ1v) is 5.17. The van der Waals surface area contributed by atoms with E-state index in [0.717, 1.165) is 5.69 Å². The van der Waals surface area contributed by atoms with Crippen molar-refractivity contribution in [2.75, 3.05) is 27.3 Å². The summed E-state index contributed by atoms with van der Waals surface area (Å²) in [4.78, 5) is 15.6. The lowest BCUT2D eigenvalue weighted by Crippen LogP contribution is -2.30. The highest BCUT2D eigenvalue weighted by atomic mass is 16.5. The van der Waals surface area contributed by atoms with Crippen LogP contribution in [0.25, 0.3) is 0 Å². The van der Waals surface area contributed by atoms with Crippen LogP contribution in [0.15, 0.2) is 12.5 Å². The minimum Gasteiger partial charge on any atom is -0.383 e. The van der Waals surface area contributed by atoms with E-state index in [-0.39, 0.29) is 5.91 Å². The number of imidazole rings is 1. The topological polar surface area (TPSA) is 68.2 Å². The van der Waals surface area contributed by atoms with Crippen LogP contribution in [0.2, 0.25) is 0 Å². The first kappa shape index (κ1) is 12.7. The van der Waals surface area contributed by atoms with Gasteiger partial charge in [-0.25, -0.2) is 4.98 Å². The van der Waals surface area contributed by atoms with E-state index in [1.54, 1.807) is 18.0 Å². The molecule has 0 atom stereocenters. The summed E-state index contributed by atoms with van der Waals surface area (Å²) in [6, 6.07) is 0. The first-order valence-electron chi connectivity index (χ1n) is 5.17. The Morgan fingerprint density at radius 1 is 1.62 bits per heavy atom. The van der Waals surface area contributed by atoms with Gasteiger partial charge in [0.25, 0.3) is 0 Å². The summed E-state index contributed by atoms with van der Waals surface area (Å²) >= 11 is 0. The lowest BCUT2D eigenvalue weighted by molar-refractivity contribution is -0.121. The van der Waals surface area contributed by atoms with Gasteiger partial charge in [0, 0.05) is 26.4 Å². The van der Waals surface area contributed by atoms with Gasteiger partial charge in [0.1, 0.15) is 6.54 Å². The number of aromatic nitrogens is 2. The molecular formula is C10H18N4O2. The lowest BCUT2D eigenvalue weighted by Gasteiger charge is -2.04. The third kappa shape index (κ3) is 4.41. The van der Waals surface area contributed by atoms with Gasteiger partial charge in [-0.15, -0.1) is 0 Å². The molecule has 90 valence electrons. The van der Waals surface area contributed by atoms with Gasteiger partial charge in [-0.2, -0.15) is 0 Å². The Hall–Kier alpha value is -1.40. The predicted octanol–water partition coefficient (Wildman–Crippen LogP) is -0.635. The number of hydrogen-bond donors (Lipinski definition) is 2. The Morgan fingerprint density at radius 2 is 2.44 bits per heavy atom. The third-order valence-corrected chi connectivity index (χ3v) is 2.00. The van der Waals surface area contributed by atoms with Crippen LogP contribution in [0, 0.1) is 0 Å². The number of nitrogens with zero attached hydrogens (tertiary/aromatic N) is 2. The zero-order valence-corrected chi connectivity index (χ0v) is 9.69. The summed E-state index contributed by atoms with van der Waals surface area (Å²) in [5.41, 5.74) is 0.923. The van der Waals surface area contributed by atoms with Gasteiger partial charge < -0.3 is 19.9 Å². The Balaban J connectivity index is 2.31. The van der Waals surface area contributed by atoms with E-state index in [0.29, 0.717) is 26.2 Å². The minimum absolute atomic E-state index is 0.0366. The molecule has 1 amide bonds. The minimum atomic E-state index is -0.0366. The summed E-state index contributed by atoms with van der Waals surface area (Å²) in [7, 11) is 3.46. The second-order valence-corrected chi connectivity index (χ2v) is 3.41. The fraction of sp³-hybridized carbons (Fsp3) is 0.600. The summed E-state index contributed by atoms with van der Waals surface area (Å²) in [5, 5.41) is 5.74. The van der Waals surface area contributed by atoms with Crippen LogP contribution < -0.4 is 10.6 Å². The van der Waals surface area contributed by atoms with Crippen LogP contribution in [0.1, 0.15) is 5.69 Å². The van der Waals surface area contributed by atoms with Gasteiger partial charge in [-0.1, -0.05) is 0 Å². The van der Waals surface area contributed by atoms with Crippen LogP contribution in [0.4, 0.5) is 0 Å². The molecule has 1 aromatic heterocycles. The Morgan fingerprint density at radius 3 is 3.12 bits per heavy atom. The fourth-order valence-corrected chi connectivity index (χ4v) is 1.28. The molecule has 16 heavy (non-hydrogen) atoms. The van der Waals surface area contributed by atoms with E-state index in [1.807, 2.05) is 13.2 Å². The molecule has 2 N–H and O–H groups in total. The van der Waals surface area contributed by atoms with Crippen molar-refractivity contribution in [1.82, 2.24) is 20.2 Å². The quantitative estimate of drug-likeness (QED) is 0.607. The molecule has 0 saturated carbocycles. The average Bonchev–Trinajstić information content (AvgIpc) is 2.66. The molecule has 0 aromatic carbocycles. The SMILES string of the molecule is CNCc1cn(CC(=O)NCCOC)cn1. The van der Waals surface area contributed by atoms with Crippen molar-refractivity contribution in [3.05, 3.63) is 18.2 Å². The number of nitrogens with one attached hydrogen (secondary N) is 2. The van der Waals surface area contributed by atoms with Crippen LogP contribution in [0.3, 0.4) is 0 Å². The maximum atomic E-state index is 11.4. The van der Waals surface area contributed by atoms with Crippen LogP contribution >= 0.6 is 0 Å². The number of carbonyl (C=O) groups is 1. The molecule has 0 aliphatic heterocycles. The molecule has 0 radical (unpaired) electrons. The summed E-state index contributed by atoms with van der Waals surface area (Å²) in [6.07, 6.45) is 3.51. The van der Waals surface area contributed by atoms with Crippen LogP contribution in [0.5, 0.6) is 0 Å². The smallest absolute Gasteiger partial charge is 0.240 e. The van der Waals surface area contributed by atoms with Crippen molar-refractivity contribution in [2.24, 2.45) is 0 Å². The highest BCUT2D eigenvalue weighted by Gasteiger charge is 2.03. The Labute approximate surface area is 95.0 Å². The molecule has 0 unspecified atom stereocenters. The van der Waals surface area contributed by atoms with Crippen molar-refractivity contribution in [3.63, 3.8) is 0 Å². The molecule has 6 nitrogen and oxygen atoms in total. The molecule has 1 heterocycles. The Bertz CT molecular complexity index is 324. The number of ether oxygens (including phenoxy) is 1. The molecule has 0 aliphatic rings. The van der Waals surface area contributed by atoms with Gasteiger partial charge in [-0.3, -0.25) is 4.79 Å². The van der Waals surface area contributed by atoms with E-state index in [9.17, 15) is 4.79 Å². The molecular weight excluding hydrogens is 208 g/mol. The first-order chi connectivity index (χ1) is 7.76. The average molecular weight is 226 g/mol. The van der Waals surface area contributed by atoms with Gasteiger partial charge in [0.05, 0.1) is 18.6 Å². The molecule has 1 aromatic rings. The van der Waals surface area contributed by atoms with Crippen molar-refractivity contribution >= 4 is 5.91 Å². The summed E-state index contributed by atoms with van der Waals surface area (Å²) < 4.78 is 6.60. The fourth-order valence-electron chi connectivity index (χ4n) is 1.28. The van der Waals surface area contributed by atoms with Gasteiger partial charge >= 0.3 is 0 Å². The van der Waals surface area contributed by atoms with E-state index < -0.39 is 0 Å². The maximum absolute atomic E-state index is 11.4. The van der Waals surface area contributed by atoms with Gasteiger partial charge in [-0.05, 0) is 7.05 Å². The molecule has 0 aliphatic carbocycles. The highest BCUT2D eigenvalue weighted by Crippen LogP contribution is 1.95. The lowest BCUT2D eigenvalue weighted by atomic mass is 10.5. The van der Waals surface area contributed by atoms with Crippen molar-refractivity contribution in [2.45, 2.75) is 13.1 Å². The standard InChI is InChI=1S/C10H18N4O2/c1-11-5-9-6-14(8-13-9)7-10(15)12-3-4-16-2/h6,8,11H,3-5,7H2,1-2H3,(H,12,15). The van der Waals surface area contributed by atoms with Crippen molar-refractivity contribution in [3.8, 4) is 0 Å². The second-order valence-electron chi connectivity index (χ2n) is 3.41. The molecule has 0 bridgehead atoms. The highest BCUT2D eigenvalue weighted by molar-refractivity contribution is 5.75. The van der Waals surface area contributed by atoms with Gasteiger partial charge in [0.2, 0.25) is 5.91 Å². The normalized spacial score (nSPS) is 10.4. The number of amides is 1. The third-order valence-electron chi connectivity index (χ3n) is 2.00. The largest absolute Gasteiger partial charge is 0.383 e. The second kappa shape index (κ2) is 6.97. The van der Waals surface area contributed by atoms with Crippen molar-refractivity contribution in [1.29, 1.82) is 0 Å². The number of methoxy groups -OCH3 is 1. The van der Waals surface area contributed by atoms with Gasteiger partial charge in [0.15, 0.2) is 0 Å². The zero-order chi connectivity index (χ0) is 11.8. The number of hydrogen-bond acceptors (Lipinski definition) is 4. The summed E-state index contributed by atoms with van der Waals surface area (Å²) in [5.74, 6) is -0.0366. The van der Waals surface area contributed by atoms with E-state index in [2.05, 4.69) is 15.6 Å². The molecule has 0 fully saturated rings. The van der Waals surface area contributed by atoms with Crippen LogP contribution in [-0.4, -0.2) is 42.8 Å². The number of carbonyl (C=O) groups excluding carboxylic acids is 1. The zero-order valence-electron chi connectivity index (χ0n) is 9.69. The van der Waals surface area contributed by atoms with E-state index >= 15 is 0 Å². The molecule has 1 rings (SSSR count). The van der Waals surface area contributed by atoms with E-state index in [1.165, 1.54) is 0 Å². The number of rotatable bonds is 7.